The van der Waals surface area contributed by atoms with Gasteiger partial charge in [0, 0.05) is 30.5 Å². The van der Waals surface area contributed by atoms with Gasteiger partial charge in [-0.25, -0.2) is 4.68 Å². The molecular weight excluding hydrogens is 294 g/mol. The lowest BCUT2D eigenvalue weighted by atomic mass is 10.1. The van der Waals surface area contributed by atoms with Crippen molar-refractivity contribution in [3.63, 3.8) is 0 Å². The predicted molar refractivity (Wildman–Crippen MR) is 84.4 cm³/mol. The van der Waals surface area contributed by atoms with Gasteiger partial charge in [-0.1, -0.05) is 6.92 Å². The molecular formula is C17H19N3O3. The molecule has 1 atom stereocenters. The summed E-state index contributed by atoms with van der Waals surface area (Å²) in [5.74, 6) is -1.55. The molecule has 1 N–H and O–H groups in total. The van der Waals surface area contributed by atoms with E-state index in [0.717, 1.165) is 18.5 Å². The molecule has 6 nitrogen and oxygen atoms in total. The minimum atomic E-state index is -0.877. The summed E-state index contributed by atoms with van der Waals surface area (Å²) in [6, 6.07) is 9.22. The molecule has 1 aliphatic rings. The fourth-order valence-electron chi connectivity index (χ4n) is 2.50. The number of carboxylic acids is 1. The zero-order valence-electron chi connectivity index (χ0n) is 12.9. The van der Waals surface area contributed by atoms with Gasteiger partial charge in [-0.2, -0.15) is 5.10 Å². The fourth-order valence-corrected chi connectivity index (χ4v) is 2.50. The molecule has 1 aromatic carbocycles. The number of hydrogen-bond donors (Lipinski definition) is 1. The second-order valence-corrected chi connectivity index (χ2v) is 5.93. The van der Waals surface area contributed by atoms with Crippen LogP contribution in [0.1, 0.15) is 30.1 Å². The minimum Gasteiger partial charge on any atom is -0.481 e. The summed E-state index contributed by atoms with van der Waals surface area (Å²) in [7, 11) is 0. The van der Waals surface area contributed by atoms with Gasteiger partial charge >= 0.3 is 5.97 Å². The highest BCUT2D eigenvalue weighted by Gasteiger charge is 2.34. The van der Waals surface area contributed by atoms with Crippen molar-refractivity contribution < 1.29 is 14.7 Å². The third-order valence-corrected chi connectivity index (χ3v) is 4.02. The number of carbonyl (C=O) groups excluding carboxylic acids is 1. The maximum absolute atomic E-state index is 12.7. The Labute approximate surface area is 134 Å². The van der Waals surface area contributed by atoms with Crippen molar-refractivity contribution >= 4 is 11.9 Å². The highest BCUT2D eigenvalue weighted by atomic mass is 16.4. The molecule has 0 unspecified atom stereocenters. The number of carbonyl (C=O) groups is 2. The van der Waals surface area contributed by atoms with Crippen LogP contribution in [0.25, 0.3) is 5.69 Å². The molecule has 120 valence electrons. The van der Waals surface area contributed by atoms with E-state index in [9.17, 15) is 9.59 Å². The van der Waals surface area contributed by atoms with Crippen LogP contribution in [-0.4, -0.2) is 44.3 Å². The molecule has 0 bridgehead atoms. The zero-order chi connectivity index (χ0) is 16.4. The first-order chi connectivity index (χ1) is 11.1. The lowest BCUT2D eigenvalue weighted by Crippen LogP contribution is -2.38. The normalized spacial score (nSPS) is 15.2. The maximum Gasteiger partial charge on any atom is 0.308 e. The average molecular weight is 313 g/mol. The summed E-state index contributed by atoms with van der Waals surface area (Å²) in [5, 5.41) is 13.2. The van der Waals surface area contributed by atoms with Crippen LogP contribution in [0.4, 0.5) is 0 Å². The molecule has 1 amide bonds. The Morgan fingerprint density at radius 2 is 2.04 bits per heavy atom. The second-order valence-electron chi connectivity index (χ2n) is 5.93. The van der Waals surface area contributed by atoms with Gasteiger partial charge in [-0.15, -0.1) is 0 Å². The molecule has 1 aromatic heterocycles. The first-order valence-corrected chi connectivity index (χ1v) is 7.70. The van der Waals surface area contributed by atoms with E-state index in [2.05, 4.69) is 5.10 Å². The number of aliphatic carboxylic acids is 1. The Morgan fingerprint density at radius 3 is 2.57 bits per heavy atom. The van der Waals surface area contributed by atoms with E-state index in [1.807, 2.05) is 24.4 Å². The SMILES string of the molecule is C[C@@H](CN(C(=O)c1ccc(-n2cccn2)cc1)C1CC1)C(=O)O. The number of benzene rings is 1. The molecule has 6 heteroatoms. The van der Waals surface area contributed by atoms with E-state index in [1.165, 1.54) is 0 Å². The molecule has 0 aliphatic heterocycles. The Hall–Kier alpha value is -2.63. The zero-order valence-corrected chi connectivity index (χ0v) is 12.9. The van der Waals surface area contributed by atoms with E-state index in [-0.39, 0.29) is 18.5 Å². The molecule has 1 fully saturated rings. The van der Waals surface area contributed by atoms with Gasteiger partial charge in [-0.3, -0.25) is 9.59 Å². The quantitative estimate of drug-likeness (QED) is 0.887. The Morgan fingerprint density at radius 1 is 1.35 bits per heavy atom. The molecule has 2 aromatic rings. The van der Waals surface area contributed by atoms with Crippen LogP contribution in [-0.2, 0) is 4.79 Å². The molecule has 1 heterocycles. The van der Waals surface area contributed by atoms with Gasteiger partial charge in [0.15, 0.2) is 0 Å². The molecule has 0 radical (unpaired) electrons. The summed E-state index contributed by atoms with van der Waals surface area (Å²) in [6.45, 7) is 1.88. The van der Waals surface area contributed by atoms with Crippen molar-refractivity contribution in [2.24, 2.45) is 5.92 Å². The Kier molecular flexibility index (Phi) is 4.14. The van der Waals surface area contributed by atoms with Crippen LogP contribution in [0.15, 0.2) is 42.7 Å². The minimum absolute atomic E-state index is 0.104. The monoisotopic (exact) mass is 313 g/mol. The van der Waals surface area contributed by atoms with Crippen LogP contribution in [0, 0.1) is 5.92 Å². The summed E-state index contributed by atoms with van der Waals surface area (Å²) >= 11 is 0. The van der Waals surface area contributed by atoms with E-state index in [1.54, 1.807) is 34.8 Å². The average Bonchev–Trinajstić information content (AvgIpc) is 3.25. The number of rotatable bonds is 6. The Bertz CT molecular complexity index is 690. The van der Waals surface area contributed by atoms with Gasteiger partial charge in [0.05, 0.1) is 11.6 Å². The lowest BCUT2D eigenvalue weighted by Gasteiger charge is -2.24. The van der Waals surface area contributed by atoms with Crippen molar-refractivity contribution in [1.82, 2.24) is 14.7 Å². The van der Waals surface area contributed by atoms with Gasteiger partial charge < -0.3 is 10.0 Å². The van der Waals surface area contributed by atoms with Crippen LogP contribution < -0.4 is 0 Å². The van der Waals surface area contributed by atoms with Crippen LogP contribution in [0.2, 0.25) is 0 Å². The number of aromatic nitrogens is 2. The molecule has 0 spiro atoms. The highest BCUT2D eigenvalue weighted by Crippen LogP contribution is 2.29. The highest BCUT2D eigenvalue weighted by molar-refractivity contribution is 5.95. The predicted octanol–water partition coefficient (Wildman–Crippen LogP) is 2.20. The topological polar surface area (TPSA) is 75.4 Å². The summed E-state index contributed by atoms with van der Waals surface area (Å²) in [4.78, 5) is 25.5. The second kappa shape index (κ2) is 6.24. The number of amides is 1. The van der Waals surface area contributed by atoms with Crippen molar-refractivity contribution in [2.45, 2.75) is 25.8 Å². The van der Waals surface area contributed by atoms with E-state index in [0.29, 0.717) is 5.56 Å². The number of nitrogens with zero attached hydrogens (tertiary/aromatic N) is 3. The summed E-state index contributed by atoms with van der Waals surface area (Å²) in [5.41, 5.74) is 1.45. The maximum atomic E-state index is 12.7. The molecule has 0 saturated heterocycles. The van der Waals surface area contributed by atoms with Crippen molar-refractivity contribution in [3.8, 4) is 5.69 Å². The molecule has 3 rings (SSSR count). The van der Waals surface area contributed by atoms with E-state index in [4.69, 9.17) is 5.11 Å². The number of hydrogen-bond acceptors (Lipinski definition) is 3. The van der Waals surface area contributed by atoms with Crippen molar-refractivity contribution in [1.29, 1.82) is 0 Å². The third-order valence-electron chi connectivity index (χ3n) is 4.02. The van der Waals surface area contributed by atoms with Gasteiger partial charge in [-0.05, 0) is 43.2 Å². The fraction of sp³-hybridized carbons (Fsp3) is 0.353. The molecule has 23 heavy (non-hydrogen) atoms. The summed E-state index contributed by atoms with van der Waals surface area (Å²) in [6.07, 6.45) is 5.43. The van der Waals surface area contributed by atoms with E-state index >= 15 is 0 Å². The molecule has 1 aliphatic carbocycles. The van der Waals surface area contributed by atoms with Crippen molar-refractivity contribution in [2.75, 3.05) is 6.54 Å². The third kappa shape index (κ3) is 3.41. The van der Waals surface area contributed by atoms with E-state index < -0.39 is 11.9 Å². The van der Waals surface area contributed by atoms with Crippen molar-refractivity contribution in [3.05, 3.63) is 48.3 Å². The first-order valence-electron chi connectivity index (χ1n) is 7.70. The smallest absolute Gasteiger partial charge is 0.308 e. The van der Waals surface area contributed by atoms with Gasteiger partial charge in [0.1, 0.15) is 0 Å². The van der Waals surface area contributed by atoms with Crippen LogP contribution >= 0.6 is 0 Å². The Balaban J connectivity index is 1.76. The molecule has 1 saturated carbocycles. The van der Waals surface area contributed by atoms with Gasteiger partial charge in [0.2, 0.25) is 0 Å². The van der Waals surface area contributed by atoms with Crippen LogP contribution in [0.3, 0.4) is 0 Å². The lowest BCUT2D eigenvalue weighted by molar-refractivity contribution is -0.141. The summed E-state index contributed by atoms with van der Waals surface area (Å²) < 4.78 is 1.72. The standard InChI is InChI=1S/C17H19N3O3/c1-12(17(22)23)11-19(14-7-8-14)16(21)13-3-5-15(6-4-13)20-10-2-9-18-20/h2-6,9-10,12,14H,7-8,11H2,1H3,(H,22,23)/t12-/m0/s1. The van der Waals surface area contributed by atoms with Gasteiger partial charge in [0.25, 0.3) is 5.91 Å². The largest absolute Gasteiger partial charge is 0.481 e. The number of carboxylic acid groups (broad SMARTS) is 1. The van der Waals surface area contributed by atoms with Crippen LogP contribution in [0.5, 0.6) is 0 Å². The first kappa shape index (κ1) is 15.3.